The third-order valence-corrected chi connectivity index (χ3v) is 5.53. The Labute approximate surface area is 152 Å². The number of benzene rings is 1. The van der Waals surface area contributed by atoms with Crippen LogP contribution in [0.5, 0.6) is 0 Å². The van der Waals surface area contributed by atoms with Crippen molar-refractivity contribution in [1.82, 2.24) is 9.55 Å². The second-order valence-electron chi connectivity index (χ2n) is 7.19. The molecule has 0 spiro atoms. The summed E-state index contributed by atoms with van der Waals surface area (Å²) in [6.07, 6.45) is 11.3. The number of nitrogen functional groups attached to an aromatic ring is 1. The highest BCUT2D eigenvalue weighted by molar-refractivity contribution is 5.97. The molecular formula is C21H22N4O. The number of aryl methyl sites for hydroxylation is 1. The van der Waals surface area contributed by atoms with Crippen molar-refractivity contribution in [2.45, 2.75) is 45.1 Å². The molecule has 2 heterocycles. The van der Waals surface area contributed by atoms with Crippen LogP contribution in [0.2, 0.25) is 0 Å². The first-order chi connectivity index (χ1) is 12.6. The lowest BCUT2D eigenvalue weighted by molar-refractivity contribution is 0.361. The Kier molecular flexibility index (Phi) is 4.04. The number of hydrogen-bond donors (Lipinski definition) is 2. The molecule has 26 heavy (non-hydrogen) atoms. The molecule has 132 valence electrons. The zero-order chi connectivity index (χ0) is 18.3. The number of pyridine rings is 1. The minimum absolute atomic E-state index is 0.175. The Morgan fingerprint density at radius 3 is 2.69 bits per heavy atom. The van der Waals surface area contributed by atoms with E-state index in [9.17, 15) is 10.1 Å². The first kappa shape index (κ1) is 16.5. The number of aromatic amines is 1. The summed E-state index contributed by atoms with van der Waals surface area (Å²) in [6, 6.07) is 6.68. The highest BCUT2D eigenvalue weighted by Gasteiger charge is 2.21. The van der Waals surface area contributed by atoms with Gasteiger partial charge in [0.05, 0.1) is 17.3 Å². The van der Waals surface area contributed by atoms with Gasteiger partial charge in [-0.2, -0.15) is 5.26 Å². The summed E-state index contributed by atoms with van der Waals surface area (Å²) in [4.78, 5) is 15.6. The van der Waals surface area contributed by atoms with E-state index in [0.717, 1.165) is 34.9 Å². The van der Waals surface area contributed by atoms with Crippen LogP contribution in [0.4, 0.5) is 5.69 Å². The molecule has 1 fully saturated rings. The SMILES string of the molecule is Cc1cc2c(cc1C#N)c(-c1c[nH]cc(N)c1=O)cn2C1CCCCC1. The molecule has 1 saturated carbocycles. The molecule has 0 bridgehead atoms. The average molecular weight is 346 g/mol. The zero-order valence-corrected chi connectivity index (χ0v) is 14.9. The lowest BCUT2D eigenvalue weighted by atomic mass is 9.95. The van der Waals surface area contributed by atoms with Crippen LogP contribution < -0.4 is 11.2 Å². The van der Waals surface area contributed by atoms with Crippen molar-refractivity contribution in [3.8, 4) is 17.2 Å². The molecule has 0 amide bonds. The normalized spacial score (nSPS) is 15.2. The molecule has 2 aromatic heterocycles. The van der Waals surface area contributed by atoms with Gasteiger partial charge >= 0.3 is 0 Å². The molecular weight excluding hydrogens is 324 g/mol. The summed E-state index contributed by atoms with van der Waals surface area (Å²) in [5.41, 5.74) is 9.94. The van der Waals surface area contributed by atoms with Gasteiger partial charge in [-0.25, -0.2) is 0 Å². The maximum absolute atomic E-state index is 12.6. The lowest BCUT2D eigenvalue weighted by Crippen LogP contribution is -2.12. The minimum atomic E-state index is -0.175. The quantitative estimate of drug-likeness (QED) is 0.726. The van der Waals surface area contributed by atoms with E-state index in [1.54, 1.807) is 6.20 Å². The summed E-state index contributed by atoms with van der Waals surface area (Å²) in [7, 11) is 0. The van der Waals surface area contributed by atoms with Gasteiger partial charge < -0.3 is 15.3 Å². The number of H-pyrrole nitrogens is 1. The van der Waals surface area contributed by atoms with Crippen LogP contribution >= 0.6 is 0 Å². The van der Waals surface area contributed by atoms with Gasteiger partial charge in [-0.15, -0.1) is 0 Å². The van der Waals surface area contributed by atoms with Crippen molar-refractivity contribution >= 4 is 16.6 Å². The molecule has 0 unspecified atom stereocenters. The fourth-order valence-corrected chi connectivity index (χ4v) is 4.10. The Morgan fingerprint density at radius 1 is 1.19 bits per heavy atom. The third-order valence-electron chi connectivity index (χ3n) is 5.53. The fraction of sp³-hybridized carbons (Fsp3) is 0.333. The number of anilines is 1. The maximum Gasteiger partial charge on any atom is 0.212 e. The first-order valence-corrected chi connectivity index (χ1v) is 9.12. The summed E-state index contributed by atoms with van der Waals surface area (Å²) < 4.78 is 2.31. The number of hydrogen-bond acceptors (Lipinski definition) is 3. The Morgan fingerprint density at radius 2 is 1.96 bits per heavy atom. The molecule has 1 aliphatic carbocycles. The number of nitrogens with two attached hydrogens (primary N) is 1. The first-order valence-electron chi connectivity index (χ1n) is 9.12. The van der Waals surface area contributed by atoms with Crippen molar-refractivity contribution in [2.24, 2.45) is 0 Å². The molecule has 3 aromatic rings. The van der Waals surface area contributed by atoms with Gasteiger partial charge in [-0.3, -0.25) is 4.79 Å². The molecule has 0 saturated heterocycles. The second-order valence-corrected chi connectivity index (χ2v) is 7.19. The highest BCUT2D eigenvalue weighted by Crippen LogP contribution is 2.37. The summed E-state index contributed by atoms with van der Waals surface area (Å²) in [5, 5.41) is 10.4. The standard InChI is InChI=1S/C21H22N4O/c1-13-7-20-16(8-14(13)9-22)18(17-10-24-11-19(23)21(17)26)12-25(20)15-5-3-2-4-6-15/h7-8,10-12,15H,2-6,23H2,1H3,(H,24,26). The Balaban J connectivity index is 2.02. The van der Waals surface area contributed by atoms with Crippen LogP contribution in [-0.4, -0.2) is 9.55 Å². The van der Waals surface area contributed by atoms with Crippen LogP contribution in [0.1, 0.15) is 49.3 Å². The molecule has 3 N–H and O–H groups in total. The van der Waals surface area contributed by atoms with E-state index >= 15 is 0 Å². The van der Waals surface area contributed by atoms with E-state index in [4.69, 9.17) is 5.73 Å². The largest absolute Gasteiger partial charge is 0.394 e. The molecule has 1 aliphatic rings. The number of nitrogens with zero attached hydrogens (tertiary/aromatic N) is 2. The Bertz CT molecular complexity index is 1080. The molecule has 5 nitrogen and oxygen atoms in total. The van der Waals surface area contributed by atoms with Crippen molar-refractivity contribution in [2.75, 3.05) is 5.73 Å². The van der Waals surface area contributed by atoms with Crippen molar-refractivity contribution in [3.63, 3.8) is 0 Å². The Hall–Kier alpha value is -3.00. The van der Waals surface area contributed by atoms with E-state index in [0.29, 0.717) is 17.2 Å². The summed E-state index contributed by atoms with van der Waals surface area (Å²) in [5.74, 6) is 0. The maximum atomic E-state index is 12.6. The van der Waals surface area contributed by atoms with Gasteiger partial charge in [0, 0.05) is 46.7 Å². The van der Waals surface area contributed by atoms with Gasteiger partial charge in [0.15, 0.2) is 0 Å². The summed E-state index contributed by atoms with van der Waals surface area (Å²) in [6.45, 7) is 1.96. The van der Waals surface area contributed by atoms with Crippen LogP contribution in [0.25, 0.3) is 22.0 Å². The molecule has 5 heteroatoms. The van der Waals surface area contributed by atoms with Gasteiger partial charge in [-0.05, 0) is 37.5 Å². The lowest BCUT2D eigenvalue weighted by Gasteiger charge is -2.24. The van der Waals surface area contributed by atoms with Gasteiger partial charge in [0.25, 0.3) is 0 Å². The monoisotopic (exact) mass is 346 g/mol. The van der Waals surface area contributed by atoms with Gasteiger partial charge in [0.1, 0.15) is 0 Å². The van der Waals surface area contributed by atoms with Crippen LogP contribution in [0.3, 0.4) is 0 Å². The number of rotatable bonds is 2. The minimum Gasteiger partial charge on any atom is -0.394 e. The molecule has 0 atom stereocenters. The average Bonchev–Trinajstić information content (AvgIpc) is 3.02. The third kappa shape index (κ3) is 2.59. The fourth-order valence-electron chi connectivity index (χ4n) is 4.10. The molecule has 0 radical (unpaired) electrons. The smallest absolute Gasteiger partial charge is 0.212 e. The van der Waals surface area contributed by atoms with E-state index in [1.165, 1.54) is 25.5 Å². The molecule has 0 aliphatic heterocycles. The number of aromatic nitrogens is 2. The molecule has 1 aromatic carbocycles. The van der Waals surface area contributed by atoms with Crippen LogP contribution in [0, 0.1) is 18.3 Å². The van der Waals surface area contributed by atoms with Gasteiger partial charge in [-0.1, -0.05) is 19.3 Å². The highest BCUT2D eigenvalue weighted by atomic mass is 16.1. The van der Waals surface area contributed by atoms with Gasteiger partial charge in [0.2, 0.25) is 5.43 Å². The van der Waals surface area contributed by atoms with Crippen molar-refractivity contribution < 1.29 is 0 Å². The van der Waals surface area contributed by atoms with Crippen molar-refractivity contribution in [1.29, 1.82) is 5.26 Å². The van der Waals surface area contributed by atoms with E-state index in [-0.39, 0.29) is 11.1 Å². The van der Waals surface area contributed by atoms with E-state index < -0.39 is 0 Å². The second kappa shape index (κ2) is 6.38. The predicted octanol–water partition coefficient (Wildman–Crippen LogP) is 4.26. The predicted molar refractivity (Wildman–Crippen MR) is 104 cm³/mol. The van der Waals surface area contributed by atoms with Crippen LogP contribution in [-0.2, 0) is 0 Å². The summed E-state index contributed by atoms with van der Waals surface area (Å²) >= 11 is 0. The van der Waals surface area contributed by atoms with Crippen molar-refractivity contribution in [3.05, 3.63) is 52.1 Å². The number of nitriles is 1. The topological polar surface area (TPSA) is 87.6 Å². The zero-order valence-electron chi connectivity index (χ0n) is 14.9. The van der Waals surface area contributed by atoms with E-state index in [1.807, 2.05) is 13.0 Å². The molecule has 4 rings (SSSR count). The van der Waals surface area contributed by atoms with Crippen LogP contribution in [0.15, 0.2) is 35.5 Å². The van der Waals surface area contributed by atoms with E-state index in [2.05, 4.69) is 27.9 Å². The number of nitrogens with one attached hydrogen (secondary N) is 1. The number of fused-ring (bicyclic) bond motifs is 1.